The van der Waals surface area contributed by atoms with Crippen molar-refractivity contribution in [1.29, 1.82) is 0 Å². The Bertz CT molecular complexity index is 805. The van der Waals surface area contributed by atoms with Crippen molar-refractivity contribution in [2.24, 2.45) is 5.16 Å². The van der Waals surface area contributed by atoms with Crippen molar-refractivity contribution in [3.05, 3.63) is 29.8 Å². The van der Waals surface area contributed by atoms with Gasteiger partial charge in [-0.15, -0.1) is 0 Å². The van der Waals surface area contributed by atoms with Crippen molar-refractivity contribution in [2.45, 2.75) is 25.1 Å². The molecule has 3 N–H and O–H groups in total. The van der Waals surface area contributed by atoms with Crippen LogP contribution in [0.1, 0.15) is 24.5 Å². The topological polar surface area (TPSA) is 135 Å². The summed E-state index contributed by atoms with van der Waals surface area (Å²) in [6.07, 6.45) is -4.77. The van der Waals surface area contributed by atoms with Crippen molar-refractivity contribution < 1.29 is 47.3 Å². The van der Waals surface area contributed by atoms with Crippen molar-refractivity contribution in [1.82, 2.24) is 5.32 Å². The third-order valence-electron chi connectivity index (χ3n) is 3.61. The van der Waals surface area contributed by atoms with E-state index in [-0.39, 0.29) is 18.4 Å². The first-order valence-corrected chi connectivity index (χ1v) is 11.4. The second-order valence-corrected chi connectivity index (χ2v) is 8.66. The molecule has 0 spiro atoms. The Morgan fingerprint density at radius 2 is 1.78 bits per heavy atom. The number of rotatable bonds is 10. The first-order valence-electron chi connectivity index (χ1n) is 8.95. The molecule has 32 heavy (non-hydrogen) atoms. The predicted molar refractivity (Wildman–Crippen MR) is 113 cm³/mol. The van der Waals surface area contributed by atoms with Crippen LogP contribution in [0.25, 0.3) is 0 Å². The summed E-state index contributed by atoms with van der Waals surface area (Å²) in [5.41, 5.74) is 1.32. The fourth-order valence-electron chi connectivity index (χ4n) is 2.06. The highest BCUT2D eigenvalue weighted by Crippen LogP contribution is 2.28. The highest BCUT2D eigenvalue weighted by Gasteiger charge is 2.38. The Balaban J connectivity index is 0.000000633. The van der Waals surface area contributed by atoms with Gasteiger partial charge in [-0.05, 0) is 17.7 Å². The molecule has 0 aromatic heterocycles. The highest BCUT2D eigenvalue weighted by molar-refractivity contribution is 8.76. The number of hydrogen-bond acceptors (Lipinski definition) is 8. The molecule has 1 aromatic carbocycles. The summed E-state index contributed by atoms with van der Waals surface area (Å²) < 4.78 is 36.9. The van der Waals surface area contributed by atoms with Gasteiger partial charge in [0.25, 0.3) is 5.91 Å². The van der Waals surface area contributed by atoms with Crippen LogP contribution in [0.2, 0.25) is 0 Å². The van der Waals surface area contributed by atoms with Gasteiger partial charge >= 0.3 is 18.1 Å². The van der Waals surface area contributed by atoms with E-state index in [2.05, 4.69) is 10.5 Å². The molecule has 14 heteroatoms. The van der Waals surface area contributed by atoms with Gasteiger partial charge in [-0.1, -0.05) is 38.9 Å². The van der Waals surface area contributed by atoms with Crippen LogP contribution in [-0.2, 0) is 19.2 Å². The highest BCUT2D eigenvalue weighted by atomic mass is 33.1. The molecule has 0 radical (unpaired) electrons. The van der Waals surface area contributed by atoms with E-state index < -0.39 is 18.1 Å². The van der Waals surface area contributed by atoms with Crippen molar-refractivity contribution in [2.75, 3.05) is 25.2 Å². The van der Waals surface area contributed by atoms with Crippen molar-refractivity contribution >= 4 is 45.1 Å². The summed E-state index contributed by atoms with van der Waals surface area (Å²) >= 11 is 0. The van der Waals surface area contributed by atoms with Gasteiger partial charge in [-0.3, -0.25) is 9.59 Å². The first kappa shape index (κ1) is 27.4. The molecule has 0 saturated heterocycles. The number of oxime groups is 1. The van der Waals surface area contributed by atoms with Crippen LogP contribution in [-0.4, -0.2) is 65.1 Å². The second kappa shape index (κ2) is 13.7. The van der Waals surface area contributed by atoms with E-state index in [0.717, 1.165) is 11.3 Å². The minimum atomic E-state index is -5.08. The molecule has 0 aliphatic carbocycles. The average molecular weight is 499 g/mol. The lowest BCUT2D eigenvalue weighted by Gasteiger charge is -2.09. The SMILES string of the molecule is COc1ccc(C2CC(C(=O)NCCSSCCC(=O)O)=NO2)cc1.O=C(O)C(F)(F)F. The summed E-state index contributed by atoms with van der Waals surface area (Å²) in [6, 6.07) is 7.47. The van der Waals surface area contributed by atoms with Crippen LogP contribution in [0, 0.1) is 0 Å². The van der Waals surface area contributed by atoms with Gasteiger partial charge in [0, 0.05) is 24.5 Å². The van der Waals surface area contributed by atoms with Gasteiger partial charge in [0.05, 0.1) is 13.5 Å². The number of benzene rings is 1. The number of halogens is 3. The van der Waals surface area contributed by atoms with Gasteiger partial charge < -0.3 is 25.1 Å². The normalized spacial score (nSPS) is 15.0. The third-order valence-corrected chi connectivity index (χ3v) is 6.02. The molecule has 1 aromatic rings. The number of nitrogens with one attached hydrogen (secondary N) is 1. The predicted octanol–water partition coefficient (Wildman–Crippen LogP) is 3.12. The Morgan fingerprint density at radius 1 is 1.19 bits per heavy atom. The maximum atomic E-state index is 12.1. The molecule has 1 amide bonds. The Kier molecular flexibility index (Phi) is 11.8. The van der Waals surface area contributed by atoms with E-state index in [1.807, 2.05) is 24.3 Å². The van der Waals surface area contributed by atoms with E-state index in [0.29, 0.717) is 30.2 Å². The van der Waals surface area contributed by atoms with Crippen molar-refractivity contribution in [3.8, 4) is 5.75 Å². The van der Waals surface area contributed by atoms with Crippen LogP contribution in [0.5, 0.6) is 5.75 Å². The summed E-state index contributed by atoms with van der Waals surface area (Å²) in [6.45, 7) is 0.496. The number of alkyl halides is 3. The lowest BCUT2D eigenvalue weighted by Crippen LogP contribution is -2.32. The van der Waals surface area contributed by atoms with Crippen molar-refractivity contribution in [3.63, 3.8) is 0 Å². The molecule has 1 unspecified atom stereocenters. The van der Waals surface area contributed by atoms with Gasteiger partial charge in [0.15, 0.2) is 6.10 Å². The molecule has 0 saturated carbocycles. The number of methoxy groups -OCH3 is 1. The second-order valence-electron chi connectivity index (χ2n) is 5.96. The average Bonchev–Trinajstić information content (AvgIpc) is 3.23. The molecular formula is C18H21F3N2O7S2. The molecule has 1 atom stereocenters. The van der Waals surface area contributed by atoms with Crippen LogP contribution < -0.4 is 10.1 Å². The van der Waals surface area contributed by atoms with Crippen LogP contribution in [0.3, 0.4) is 0 Å². The molecule has 2 rings (SSSR count). The molecule has 178 valence electrons. The number of hydrogen-bond donors (Lipinski definition) is 3. The molecule has 1 heterocycles. The number of carbonyl (C=O) groups excluding carboxylic acids is 1. The zero-order valence-corrected chi connectivity index (χ0v) is 18.4. The molecular weight excluding hydrogens is 477 g/mol. The largest absolute Gasteiger partial charge is 0.497 e. The van der Waals surface area contributed by atoms with E-state index in [1.165, 1.54) is 21.6 Å². The van der Waals surface area contributed by atoms with E-state index >= 15 is 0 Å². The Labute approximate surface area is 189 Å². The molecule has 1 aliphatic rings. The Morgan fingerprint density at radius 3 is 2.31 bits per heavy atom. The summed E-state index contributed by atoms with van der Waals surface area (Å²) in [5.74, 6) is -1.77. The summed E-state index contributed by atoms with van der Waals surface area (Å²) in [4.78, 5) is 36.7. The van der Waals surface area contributed by atoms with E-state index in [4.69, 9.17) is 24.6 Å². The fraction of sp³-hybridized carbons (Fsp3) is 0.444. The molecule has 1 aliphatic heterocycles. The molecule has 0 bridgehead atoms. The molecule has 9 nitrogen and oxygen atoms in total. The number of carboxylic acids is 2. The van der Waals surface area contributed by atoms with Gasteiger partial charge in [-0.2, -0.15) is 13.2 Å². The first-order chi connectivity index (χ1) is 15.0. The number of aliphatic carboxylic acids is 2. The lowest BCUT2D eigenvalue weighted by molar-refractivity contribution is -0.192. The quantitative estimate of drug-likeness (QED) is 0.328. The van der Waals surface area contributed by atoms with Crippen LogP contribution >= 0.6 is 21.6 Å². The van der Waals surface area contributed by atoms with Gasteiger partial charge in [0.2, 0.25) is 0 Å². The third kappa shape index (κ3) is 10.6. The fourth-order valence-corrected chi connectivity index (χ4v) is 3.95. The number of carboxylic acid groups (broad SMARTS) is 2. The smallest absolute Gasteiger partial charge is 0.490 e. The van der Waals surface area contributed by atoms with Crippen LogP contribution in [0.15, 0.2) is 29.4 Å². The van der Waals surface area contributed by atoms with E-state index in [9.17, 15) is 22.8 Å². The number of ether oxygens (including phenoxy) is 1. The van der Waals surface area contributed by atoms with Crippen LogP contribution in [0.4, 0.5) is 13.2 Å². The summed E-state index contributed by atoms with van der Waals surface area (Å²) in [7, 11) is 4.63. The standard InChI is InChI=1S/C16H20N2O5S2.C2HF3O2/c1-22-12-4-2-11(3-5-12)14-10-13(18-23-14)16(21)17-7-9-25-24-8-6-15(19)20;3-2(4,5)1(6)7/h2-5,14H,6-10H2,1H3,(H,17,21)(H,19,20);(H,6,7). The van der Waals surface area contributed by atoms with Gasteiger partial charge in [0.1, 0.15) is 11.5 Å². The Hall–Kier alpha value is -2.61. The maximum absolute atomic E-state index is 12.1. The maximum Gasteiger partial charge on any atom is 0.490 e. The lowest BCUT2D eigenvalue weighted by atomic mass is 10.0. The monoisotopic (exact) mass is 498 g/mol. The minimum absolute atomic E-state index is 0.144. The van der Waals surface area contributed by atoms with Gasteiger partial charge in [-0.25, -0.2) is 4.79 Å². The zero-order chi connectivity index (χ0) is 24.1. The number of amides is 1. The summed E-state index contributed by atoms with van der Waals surface area (Å²) in [5, 5.41) is 22.3. The minimum Gasteiger partial charge on any atom is -0.497 e. The number of nitrogens with zero attached hydrogens (tertiary/aromatic N) is 1. The van der Waals surface area contributed by atoms with E-state index in [1.54, 1.807) is 7.11 Å². The number of carbonyl (C=O) groups is 3. The molecule has 0 fully saturated rings. The zero-order valence-electron chi connectivity index (χ0n) is 16.8.